The van der Waals surface area contributed by atoms with Crippen molar-refractivity contribution in [3.8, 4) is 28.7 Å². The maximum absolute atomic E-state index is 12.8. The quantitative estimate of drug-likeness (QED) is 0.561. The number of phenols is 3. The van der Waals surface area contributed by atoms with E-state index in [4.69, 9.17) is 14.2 Å². The zero-order valence-corrected chi connectivity index (χ0v) is 13.9. The van der Waals surface area contributed by atoms with Gasteiger partial charge in [-0.1, -0.05) is 6.07 Å². The molecule has 0 aliphatic carbocycles. The predicted octanol–water partition coefficient (Wildman–Crippen LogP) is 2.06. The van der Waals surface area contributed by atoms with Gasteiger partial charge in [0.2, 0.25) is 11.9 Å². The van der Waals surface area contributed by atoms with Gasteiger partial charge < -0.3 is 29.5 Å². The molecule has 0 saturated heterocycles. The Morgan fingerprint density at radius 3 is 2.42 bits per heavy atom. The molecule has 1 heterocycles. The van der Waals surface area contributed by atoms with Gasteiger partial charge in [0.05, 0.1) is 7.11 Å². The number of hydrogen-bond acceptors (Lipinski definition) is 8. The van der Waals surface area contributed by atoms with Crippen LogP contribution in [-0.4, -0.2) is 40.3 Å². The first kappa shape index (κ1) is 17.4. The summed E-state index contributed by atoms with van der Waals surface area (Å²) in [6, 6.07) is 6.52. The number of aromatic hydroxyl groups is 3. The van der Waals surface area contributed by atoms with E-state index in [0.29, 0.717) is 5.56 Å². The molecular formula is C18H16O8. The molecule has 2 atom stereocenters. The Kier molecular flexibility index (Phi) is 4.33. The van der Waals surface area contributed by atoms with Gasteiger partial charge in [-0.3, -0.25) is 9.59 Å². The second-order valence-corrected chi connectivity index (χ2v) is 5.70. The molecule has 0 spiro atoms. The zero-order valence-electron chi connectivity index (χ0n) is 13.9. The first-order chi connectivity index (χ1) is 12.3. The number of Topliss-reactive ketones (excluding diaryl/α,β-unsaturated/α-hetero) is 1. The number of carbonyl (C=O) groups excluding carboxylic acids is 2. The number of hydrogen-bond donors (Lipinski definition) is 3. The smallest absolute Gasteiger partial charge is 0.303 e. The lowest BCUT2D eigenvalue weighted by atomic mass is 9.92. The number of benzene rings is 2. The average molecular weight is 360 g/mol. The van der Waals surface area contributed by atoms with E-state index in [2.05, 4.69) is 0 Å². The Morgan fingerprint density at radius 1 is 1.08 bits per heavy atom. The highest BCUT2D eigenvalue weighted by atomic mass is 16.6. The van der Waals surface area contributed by atoms with Crippen LogP contribution in [0.1, 0.15) is 28.9 Å². The first-order valence-corrected chi connectivity index (χ1v) is 7.62. The van der Waals surface area contributed by atoms with Crippen molar-refractivity contribution in [3.05, 3.63) is 41.5 Å². The van der Waals surface area contributed by atoms with E-state index < -0.39 is 29.7 Å². The van der Waals surface area contributed by atoms with E-state index in [-0.39, 0.29) is 28.6 Å². The van der Waals surface area contributed by atoms with Crippen molar-refractivity contribution in [1.29, 1.82) is 0 Å². The fourth-order valence-corrected chi connectivity index (χ4v) is 2.77. The maximum Gasteiger partial charge on any atom is 0.303 e. The van der Waals surface area contributed by atoms with Crippen LogP contribution in [0, 0.1) is 0 Å². The molecule has 2 aromatic carbocycles. The molecule has 0 aromatic heterocycles. The first-order valence-electron chi connectivity index (χ1n) is 7.62. The highest BCUT2D eigenvalue weighted by Gasteiger charge is 2.42. The topological polar surface area (TPSA) is 123 Å². The summed E-state index contributed by atoms with van der Waals surface area (Å²) >= 11 is 0. The number of fused-ring (bicyclic) bond motifs is 1. The summed E-state index contributed by atoms with van der Waals surface area (Å²) in [7, 11) is 1.39. The van der Waals surface area contributed by atoms with E-state index in [9.17, 15) is 24.9 Å². The normalized spacial score (nSPS) is 18.6. The van der Waals surface area contributed by atoms with E-state index in [1.54, 1.807) is 0 Å². The lowest BCUT2D eigenvalue weighted by Gasteiger charge is -2.32. The van der Waals surface area contributed by atoms with Crippen LogP contribution in [0.2, 0.25) is 0 Å². The summed E-state index contributed by atoms with van der Waals surface area (Å²) < 4.78 is 16.0. The van der Waals surface area contributed by atoms with Crippen molar-refractivity contribution < 1.29 is 39.1 Å². The van der Waals surface area contributed by atoms with E-state index in [1.165, 1.54) is 37.4 Å². The highest BCUT2D eigenvalue weighted by molar-refractivity contribution is 6.06. The van der Waals surface area contributed by atoms with Crippen LogP contribution in [-0.2, 0) is 9.53 Å². The predicted molar refractivity (Wildman–Crippen MR) is 87.7 cm³/mol. The summed E-state index contributed by atoms with van der Waals surface area (Å²) in [6.45, 7) is 1.14. The Labute approximate surface area is 148 Å². The fourth-order valence-electron chi connectivity index (χ4n) is 2.77. The summed E-state index contributed by atoms with van der Waals surface area (Å²) in [6.07, 6.45) is -2.46. The fraction of sp³-hybridized carbons (Fsp3) is 0.222. The summed E-state index contributed by atoms with van der Waals surface area (Å²) in [5, 5.41) is 29.3. The van der Waals surface area contributed by atoms with Gasteiger partial charge in [0.25, 0.3) is 0 Å². The minimum absolute atomic E-state index is 0.0489. The van der Waals surface area contributed by atoms with E-state index in [1.807, 2.05) is 0 Å². The van der Waals surface area contributed by atoms with Crippen LogP contribution in [0.4, 0.5) is 0 Å². The van der Waals surface area contributed by atoms with Gasteiger partial charge in [-0.25, -0.2) is 0 Å². The van der Waals surface area contributed by atoms with Crippen molar-refractivity contribution in [2.75, 3.05) is 7.11 Å². The molecular weight excluding hydrogens is 344 g/mol. The molecule has 0 unspecified atom stereocenters. The second kappa shape index (κ2) is 6.47. The molecule has 0 saturated carbocycles. The summed E-state index contributed by atoms with van der Waals surface area (Å²) in [5.74, 6) is -2.18. The molecule has 1 aliphatic heterocycles. The molecule has 2 aromatic rings. The standard InChI is InChI=1S/C18H16O8/c1-8(19)25-18-16(23)15-13(22)6-10(24-2)7-14(15)26-17(18)9-3-4-11(20)12(21)5-9/h3-7,17-18,20-22H,1-2H3/t17-,18+/m0/s1. The molecule has 0 amide bonds. The van der Waals surface area contributed by atoms with Crippen LogP contribution >= 0.6 is 0 Å². The third-order valence-electron chi connectivity index (χ3n) is 3.95. The Morgan fingerprint density at radius 2 is 1.81 bits per heavy atom. The van der Waals surface area contributed by atoms with Crippen molar-refractivity contribution in [3.63, 3.8) is 0 Å². The second-order valence-electron chi connectivity index (χ2n) is 5.70. The largest absolute Gasteiger partial charge is 0.507 e. The SMILES string of the molecule is COc1cc(O)c2c(c1)O[C@@H](c1ccc(O)c(O)c1)[C@H](OC(C)=O)C2=O. The van der Waals surface area contributed by atoms with Gasteiger partial charge in [-0.05, 0) is 12.1 Å². The molecule has 26 heavy (non-hydrogen) atoms. The molecule has 0 fully saturated rings. The minimum atomic E-state index is -1.37. The van der Waals surface area contributed by atoms with Gasteiger partial charge >= 0.3 is 5.97 Å². The maximum atomic E-state index is 12.8. The number of ketones is 1. The molecule has 1 aliphatic rings. The van der Waals surface area contributed by atoms with Crippen molar-refractivity contribution in [2.45, 2.75) is 19.1 Å². The number of carbonyl (C=O) groups is 2. The Bertz CT molecular complexity index is 889. The number of esters is 1. The zero-order chi connectivity index (χ0) is 19.0. The molecule has 3 N–H and O–H groups in total. The average Bonchev–Trinajstić information content (AvgIpc) is 2.58. The summed E-state index contributed by atoms with van der Waals surface area (Å²) in [4.78, 5) is 24.3. The third-order valence-corrected chi connectivity index (χ3v) is 3.95. The highest BCUT2D eigenvalue weighted by Crippen LogP contribution is 2.43. The van der Waals surface area contributed by atoms with Crippen LogP contribution in [0.25, 0.3) is 0 Å². The Hall–Kier alpha value is -3.42. The van der Waals surface area contributed by atoms with Crippen molar-refractivity contribution in [2.24, 2.45) is 0 Å². The van der Waals surface area contributed by atoms with Crippen LogP contribution < -0.4 is 9.47 Å². The summed E-state index contributed by atoms with van der Waals surface area (Å²) in [5.41, 5.74) is 0.171. The lowest BCUT2D eigenvalue weighted by Crippen LogP contribution is -2.39. The number of methoxy groups -OCH3 is 1. The van der Waals surface area contributed by atoms with E-state index in [0.717, 1.165) is 6.92 Å². The lowest BCUT2D eigenvalue weighted by molar-refractivity contribution is -0.148. The van der Waals surface area contributed by atoms with Crippen molar-refractivity contribution >= 4 is 11.8 Å². The van der Waals surface area contributed by atoms with Gasteiger partial charge in [0, 0.05) is 24.6 Å². The molecule has 3 rings (SSSR count). The molecule has 8 nitrogen and oxygen atoms in total. The van der Waals surface area contributed by atoms with Crippen LogP contribution in [0.15, 0.2) is 30.3 Å². The van der Waals surface area contributed by atoms with Gasteiger partial charge in [0.1, 0.15) is 22.8 Å². The third kappa shape index (κ3) is 2.97. The number of ether oxygens (including phenoxy) is 3. The van der Waals surface area contributed by atoms with Crippen LogP contribution in [0.5, 0.6) is 28.7 Å². The minimum Gasteiger partial charge on any atom is -0.507 e. The molecule has 0 bridgehead atoms. The number of rotatable bonds is 3. The van der Waals surface area contributed by atoms with Crippen molar-refractivity contribution in [1.82, 2.24) is 0 Å². The molecule has 136 valence electrons. The Balaban J connectivity index is 2.13. The molecule has 0 radical (unpaired) electrons. The van der Waals surface area contributed by atoms with E-state index >= 15 is 0 Å². The number of phenolic OH excluding ortho intramolecular Hbond substituents is 3. The monoisotopic (exact) mass is 360 g/mol. The van der Waals surface area contributed by atoms with Gasteiger partial charge in [-0.2, -0.15) is 0 Å². The van der Waals surface area contributed by atoms with Gasteiger partial charge in [-0.15, -0.1) is 0 Å². The van der Waals surface area contributed by atoms with Crippen LogP contribution in [0.3, 0.4) is 0 Å². The van der Waals surface area contributed by atoms with Gasteiger partial charge in [0.15, 0.2) is 17.6 Å². The molecule has 8 heteroatoms.